The Labute approximate surface area is 96.6 Å². The van der Waals surface area contributed by atoms with Crippen molar-refractivity contribution in [3.05, 3.63) is 0 Å². The van der Waals surface area contributed by atoms with Gasteiger partial charge in [-0.2, -0.15) is 0 Å². The zero-order valence-electron chi connectivity index (χ0n) is 6.50. The molecule has 0 aliphatic carbocycles. The van der Waals surface area contributed by atoms with E-state index in [9.17, 15) is 5.11 Å². The van der Waals surface area contributed by atoms with Gasteiger partial charge in [-0.15, -0.1) is 0 Å². The van der Waals surface area contributed by atoms with Crippen molar-refractivity contribution in [3.63, 3.8) is 0 Å². The van der Waals surface area contributed by atoms with Crippen molar-refractivity contribution in [3.8, 4) is 0 Å². The van der Waals surface area contributed by atoms with Gasteiger partial charge in [0.1, 0.15) is 18.3 Å². The molecule has 0 saturated carbocycles. The Bertz CT molecular complexity index is 155. The van der Waals surface area contributed by atoms with Crippen LogP contribution in [0.25, 0.3) is 0 Å². The number of hydrogen-bond donors (Lipinski definition) is 4. The molecule has 5 nitrogen and oxygen atoms in total. The van der Waals surface area contributed by atoms with Crippen LogP contribution >= 0.6 is 0 Å². The second-order valence-corrected chi connectivity index (χ2v) is 3.16. The van der Waals surface area contributed by atoms with E-state index in [1.807, 2.05) is 0 Å². The summed E-state index contributed by atoms with van der Waals surface area (Å²) in [5, 5.41) is 36.1. The maximum atomic E-state index is 9.18. The third kappa shape index (κ3) is 2.92. The van der Waals surface area contributed by atoms with E-state index < -0.39 is 36.5 Å². The molecule has 7 heteroatoms. The Hall–Kier alpha value is 0.890. The van der Waals surface area contributed by atoms with Crippen LogP contribution in [0.1, 0.15) is 0 Å². The van der Waals surface area contributed by atoms with Gasteiger partial charge in [0, 0.05) is 0 Å². The first-order chi connectivity index (χ1) is 5.57. The van der Waals surface area contributed by atoms with E-state index in [4.69, 9.17) is 20.1 Å². The summed E-state index contributed by atoms with van der Waals surface area (Å²) in [4.78, 5) is 0. The van der Waals surface area contributed by atoms with Crippen molar-refractivity contribution in [2.75, 3.05) is 6.61 Å². The summed E-state index contributed by atoms with van der Waals surface area (Å²) >= 11 is 4.63. The second-order valence-electron chi connectivity index (χ2n) is 2.70. The van der Waals surface area contributed by atoms with E-state index >= 15 is 0 Å². The molecule has 1 saturated heterocycles. The van der Waals surface area contributed by atoms with E-state index in [-0.39, 0.29) is 22.4 Å². The zero-order valence-corrected chi connectivity index (χ0v) is 9.48. The number of hydrogen-bond acceptors (Lipinski definition) is 6. The van der Waals surface area contributed by atoms with Gasteiger partial charge in [-0.25, -0.2) is 0 Å². The fraction of sp³-hybridized carbons (Fsp3) is 1.00. The van der Waals surface area contributed by atoms with E-state index in [0.717, 1.165) is 0 Å². The minimum Gasteiger partial charge on any atom is -0.759 e. The van der Waals surface area contributed by atoms with Crippen LogP contribution < -0.4 is 0 Å². The van der Waals surface area contributed by atoms with Crippen molar-refractivity contribution in [2.45, 2.75) is 29.9 Å². The van der Waals surface area contributed by atoms with Crippen LogP contribution in [-0.2, 0) is 39.7 Å². The SMILES string of the molecule is OCC1O[C@@H]([S-])[C@@H](O)[C@H](O)[C@@H]1O.[Au+]. The van der Waals surface area contributed by atoms with E-state index in [1.54, 1.807) is 0 Å². The first-order valence-corrected chi connectivity index (χ1v) is 4.01. The monoisotopic (exact) mass is 392 g/mol. The number of rotatable bonds is 1. The molecule has 0 amide bonds. The fourth-order valence-electron chi connectivity index (χ4n) is 1.07. The molecule has 1 rings (SSSR count). The van der Waals surface area contributed by atoms with Gasteiger partial charge in [0.05, 0.1) is 12.7 Å². The summed E-state index contributed by atoms with van der Waals surface area (Å²) in [5.74, 6) is 0. The Morgan fingerprint density at radius 2 is 1.62 bits per heavy atom. The molecular formula is C6H11AuO5S. The molecule has 1 unspecified atom stereocenters. The van der Waals surface area contributed by atoms with Crippen LogP contribution in [0.2, 0.25) is 0 Å². The molecule has 82 valence electrons. The predicted molar refractivity (Wildman–Crippen MR) is 41.1 cm³/mol. The number of aliphatic hydroxyl groups is 4. The van der Waals surface area contributed by atoms with E-state index in [2.05, 4.69) is 12.6 Å². The standard InChI is InChI=1S/C6H12O5S.Au/c7-1-2-3(8)4(9)5(10)6(12)11-2;/h2-10,12H,1H2;/q;+1/p-1/t2?,3-,4-,5+,6+;/m1./s1. The smallest absolute Gasteiger partial charge is 0.759 e. The molecule has 13 heavy (non-hydrogen) atoms. The van der Waals surface area contributed by atoms with Crippen LogP contribution in [0, 0.1) is 0 Å². The number of ether oxygens (including phenoxy) is 1. The van der Waals surface area contributed by atoms with Gasteiger partial charge in [-0.1, -0.05) is 0 Å². The summed E-state index contributed by atoms with van der Waals surface area (Å²) in [6.45, 7) is -0.432. The van der Waals surface area contributed by atoms with Crippen LogP contribution in [0.5, 0.6) is 0 Å². The Morgan fingerprint density at radius 1 is 1.08 bits per heavy atom. The third-order valence-corrected chi connectivity index (χ3v) is 2.24. The Kier molecular flexibility index (Phi) is 6.08. The molecular weight excluding hydrogens is 381 g/mol. The second kappa shape index (κ2) is 5.69. The third-order valence-electron chi connectivity index (χ3n) is 1.85. The molecule has 5 atom stereocenters. The molecule has 0 aromatic carbocycles. The molecule has 1 fully saturated rings. The van der Waals surface area contributed by atoms with Crippen molar-refractivity contribution >= 4 is 12.6 Å². The van der Waals surface area contributed by atoms with Crippen LogP contribution in [0.3, 0.4) is 0 Å². The molecule has 1 aliphatic rings. The minimum absolute atomic E-state index is 0. The molecule has 4 N–H and O–H groups in total. The molecule has 0 radical (unpaired) electrons. The molecule has 1 aliphatic heterocycles. The van der Waals surface area contributed by atoms with E-state index in [0.29, 0.717) is 0 Å². The summed E-state index contributed by atoms with van der Waals surface area (Å²) < 4.78 is 4.84. The minimum atomic E-state index is -1.35. The van der Waals surface area contributed by atoms with Gasteiger partial charge in [0.25, 0.3) is 0 Å². The molecule has 1 heterocycles. The largest absolute Gasteiger partial charge is 1.00 e. The van der Waals surface area contributed by atoms with Crippen LogP contribution in [0.15, 0.2) is 0 Å². The average molecular weight is 392 g/mol. The first-order valence-electron chi connectivity index (χ1n) is 3.54. The summed E-state index contributed by atoms with van der Waals surface area (Å²) in [6, 6.07) is 0. The van der Waals surface area contributed by atoms with Gasteiger partial charge in [-0.05, 0) is 5.44 Å². The van der Waals surface area contributed by atoms with Crippen LogP contribution in [-0.4, -0.2) is 56.9 Å². The van der Waals surface area contributed by atoms with Gasteiger partial charge in [0.15, 0.2) is 0 Å². The quantitative estimate of drug-likeness (QED) is 0.288. The van der Waals surface area contributed by atoms with Crippen molar-refractivity contribution in [1.29, 1.82) is 0 Å². The van der Waals surface area contributed by atoms with E-state index in [1.165, 1.54) is 0 Å². The molecule has 0 bridgehead atoms. The summed E-state index contributed by atoms with van der Waals surface area (Å²) in [5.41, 5.74) is -0.986. The fourth-order valence-corrected chi connectivity index (χ4v) is 1.37. The van der Waals surface area contributed by atoms with Gasteiger partial charge < -0.3 is 37.8 Å². The van der Waals surface area contributed by atoms with Gasteiger partial charge in [0.2, 0.25) is 0 Å². The summed E-state index contributed by atoms with van der Waals surface area (Å²) in [6.07, 6.45) is -4.83. The van der Waals surface area contributed by atoms with Crippen molar-refractivity contribution in [2.24, 2.45) is 0 Å². The van der Waals surface area contributed by atoms with Gasteiger partial charge >= 0.3 is 22.4 Å². The first kappa shape index (κ1) is 13.9. The van der Waals surface area contributed by atoms with Crippen LogP contribution in [0.4, 0.5) is 0 Å². The van der Waals surface area contributed by atoms with Crippen molar-refractivity contribution < 1.29 is 47.5 Å². The molecule has 0 aromatic rings. The maximum Gasteiger partial charge on any atom is 1.00 e. The summed E-state index contributed by atoms with van der Waals surface area (Å²) in [7, 11) is 0. The van der Waals surface area contributed by atoms with Crippen molar-refractivity contribution in [1.82, 2.24) is 0 Å². The Balaban J connectivity index is 0.00000144. The van der Waals surface area contributed by atoms with Gasteiger partial charge in [-0.3, -0.25) is 0 Å². The maximum absolute atomic E-state index is 9.18. The zero-order chi connectivity index (χ0) is 9.30. The molecule has 0 spiro atoms. The molecule has 0 aromatic heterocycles. The predicted octanol–water partition coefficient (Wildman–Crippen LogP) is -2.67. The Morgan fingerprint density at radius 3 is 2.08 bits per heavy atom. The normalized spacial score (nSPS) is 45.5. The average Bonchev–Trinajstić information content (AvgIpc) is 2.08. The number of aliphatic hydroxyl groups excluding tert-OH is 4. The topological polar surface area (TPSA) is 90.2 Å².